The van der Waals surface area contributed by atoms with Crippen LogP contribution in [0.2, 0.25) is 5.02 Å². The van der Waals surface area contributed by atoms with Gasteiger partial charge in [0.25, 0.3) is 0 Å². The molecule has 146 valence electrons. The van der Waals surface area contributed by atoms with E-state index >= 15 is 0 Å². The highest BCUT2D eigenvalue weighted by Crippen LogP contribution is 2.32. The Balaban J connectivity index is 1.83. The van der Waals surface area contributed by atoms with E-state index in [1.54, 1.807) is 4.90 Å². The lowest BCUT2D eigenvalue weighted by molar-refractivity contribution is 0.0240. The van der Waals surface area contributed by atoms with Gasteiger partial charge < -0.3 is 14.5 Å². The van der Waals surface area contributed by atoms with Crippen LogP contribution in [-0.4, -0.2) is 52.7 Å². The van der Waals surface area contributed by atoms with Gasteiger partial charge in [-0.25, -0.2) is 23.5 Å². The molecule has 6 nitrogen and oxygen atoms in total. The third kappa shape index (κ3) is 4.05. The third-order valence-corrected chi connectivity index (χ3v) is 4.65. The monoisotopic (exact) mass is 398 g/mol. The summed E-state index contributed by atoms with van der Waals surface area (Å²) in [4.78, 5) is 23.9. The average Bonchev–Trinajstić information content (AvgIpc) is 2.63. The first-order valence-electron chi connectivity index (χ1n) is 8.61. The van der Waals surface area contributed by atoms with Crippen molar-refractivity contribution in [1.29, 1.82) is 0 Å². The third-order valence-electron chi connectivity index (χ3n) is 4.24. The van der Waals surface area contributed by atoms with Crippen molar-refractivity contribution >= 4 is 34.4 Å². The number of amides is 1. The zero-order chi connectivity index (χ0) is 19.8. The summed E-state index contributed by atoms with van der Waals surface area (Å²) in [6, 6.07) is 1.48. The zero-order valence-electron chi connectivity index (χ0n) is 15.4. The lowest BCUT2D eigenvalue weighted by Crippen LogP contribution is -2.50. The molecule has 2 aromatic rings. The van der Waals surface area contributed by atoms with Gasteiger partial charge in [-0.3, -0.25) is 0 Å². The van der Waals surface area contributed by atoms with E-state index in [1.165, 1.54) is 12.4 Å². The van der Waals surface area contributed by atoms with Gasteiger partial charge in [-0.1, -0.05) is 11.6 Å². The molecule has 1 aliphatic heterocycles. The molecule has 27 heavy (non-hydrogen) atoms. The topological polar surface area (TPSA) is 58.6 Å². The minimum Gasteiger partial charge on any atom is -0.444 e. The van der Waals surface area contributed by atoms with Crippen molar-refractivity contribution in [3.63, 3.8) is 0 Å². The number of halogens is 3. The van der Waals surface area contributed by atoms with Gasteiger partial charge in [-0.2, -0.15) is 0 Å². The van der Waals surface area contributed by atoms with E-state index in [0.29, 0.717) is 37.4 Å². The Morgan fingerprint density at radius 2 is 1.93 bits per heavy atom. The predicted molar refractivity (Wildman–Crippen MR) is 99.3 cm³/mol. The van der Waals surface area contributed by atoms with Crippen LogP contribution in [0.3, 0.4) is 0 Å². The van der Waals surface area contributed by atoms with Crippen molar-refractivity contribution in [2.24, 2.45) is 0 Å². The molecule has 1 aromatic carbocycles. The lowest BCUT2D eigenvalue weighted by Gasteiger charge is -2.36. The molecule has 9 heteroatoms. The number of rotatable bonds is 2. The fourth-order valence-electron chi connectivity index (χ4n) is 2.95. The maximum absolute atomic E-state index is 14.4. The second-order valence-electron chi connectivity index (χ2n) is 7.35. The normalized spacial score (nSPS) is 15.3. The maximum Gasteiger partial charge on any atom is 0.410 e. The van der Waals surface area contributed by atoms with Crippen LogP contribution in [0.25, 0.3) is 10.9 Å². The van der Waals surface area contributed by atoms with Crippen molar-refractivity contribution in [3.05, 3.63) is 28.8 Å². The van der Waals surface area contributed by atoms with E-state index in [2.05, 4.69) is 9.97 Å². The number of aromatic nitrogens is 2. The Morgan fingerprint density at radius 3 is 2.52 bits per heavy atom. The Kier molecular flexibility index (Phi) is 5.37. The number of anilines is 1. The Morgan fingerprint density at radius 1 is 1.26 bits per heavy atom. The summed E-state index contributed by atoms with van der Waals surface area (Å²) in [5.41, 5.74) is -0.446. The molecule has 2 heterocycles. The highest BCUT2D eigenvalue weighted by Gasteiger charge is 2.27. The van der Waals surface area contributed by atoms with E-state index in [1.807, 2.05) is 25.7 Å². The summed E-state index contributed by atoms with van der Waals surface area (Å²) in [5.74, 6) is -0.257. The quantitative estimate of drug-likeness (QED) is 0.766. The molecule has 0 N–H and O–H groups in total. The standard InChI is InChI=1S/C18H21ClF2N4O2/c1-18(2,3)27-17(26)25-6-4-24(5-7-25)16-12-8-11(9-20)13(19)14(21)15(12)22-10-23-16/h8,10H,4-7,9H2,1-3H3. The van der Waals surface area contributed by atoms with Gasteiger partial charge in [0, 0.05) is 37.1 Å². The molecule has 1 saturated heterocycles. The summed E-state index contributed by atoms with van der Waals surface area (Å²) in [5, 5.41) is 0.141. The molecule has 0 saturated carbocycles. The highest BCUT2D eigenvalue weighted by atomic mass is 35.5. The molecule has 1 aromatic heterocycles. The van der Waals surface area contributed by atoms with Crippen LogP contribution < -0.4 is 4.90 Å². The van der Waals surface area contributed by atoms with Crippen LogP contribution in [0.5, 0.6) is 0 Å². The summed E-state index contributed by atoms with van der Waals surface area (Å²) in [6.45, 7) is 6.41. The number of nitrogens with zero attached hydrogens (tertiary/aromatic N) is 4. The van der Waals surface area contributed by atoms with E-state index in [-0.39, 0.29) is 22.2 Å². The number of benzene rings is 1. The molecule has 0 atom stereocenters. The fraction of sp³-hybridized carbons (Fsp3) is 0.500. The molecular formula is C18H21ClF2N4O2. The Bertz CT molecular complexity index is 865. The van der Waals surface area contributed by atoms with Crippen LogP contribution in [0.4, 0.5) is 19.4 Å². The fourth-order valence-corrected chi connectivity index (χ4v) is 3.15. The molecule has 0 radical (unpaired) electrons. The number of ether oxygens (including phenoxy) is 1. The van der Waals surface area contributed by atoms with Crippen molar-refractivity contribution < 1.29 is 18.3 Å². The van der Waals surface area contributed by atoms with Gasteiger partial charge in [0.05, 0.1) is 5.02 Å². The number of piperazine rings is 1. The smallest absolute Gasteiger partial charge is 0.410 e. The number of hydrogen-bond donors (Lipinski definition) is 0. The average molecular weight is 399 g/mol. The molecular weight excluding hydrogens is 378 g/mol. The van der Waals surface area contributed by atoms with Crippen LogP contribution in [-0.2, 0) is 11.4 Å². The predicted octanol–water partition coefficient (Wildman–Crippen LogP) is 3.95. The van der Waals surface area contributed by atoms with Gasteiger partial charge in [0.15, 0.2) is 5.82 Å². The molecule has 1 aliphatic rings. The second-order valence-corrected chi connectivity index (χ2v) is 7.72. The largest absolute Gasteiger partial charge is 0.444 e. The minimum atomic E-state index is -0.882. The van der Waals surface area contributed by atoms with E-state index < -0.39 is 18.1 Å². The summed E-state index contributed by atoms with van der Waals surface area (Å²) >= 11 is 5.87. The van der Waals surface area contributed by atoms with Crippen LogP contribution in [0, 0.1) is 5.82 Å². The number of carbonyl (C=O) groups excluding carboxylic acids is 1. The minimum absolute atomic E-state index is 0.0526. The first kappa shape index (κ1) is 19.5. The first-order chi connectivity index (χ1) is 12.7. The Labute approximate surface area is 161 Å². The Hall–Kier alpha value is -2.22. The zero-order valence-corrected chi connectivity index (χ0v) is 16.2. The molecule has 1 fully saturated rings. The van der Waals surface area contributed by atoms with Crippen molar-refractivity contribution in [2.75, 3.05) is 31.1 Å². The highest BCUT2D eigenvalue weighted by molar-refractivity contribution is 6.32. The van der Waals surface area contributed by atoms with E-state index in [9.17, 15) is 13.6 Å². The molecule has 0 spiro atoms. The van der Waals surface area contributed by atoms with Crippen molar-refractivity contribution in [2.45, 2.75) is 33.0 Å². The van der Waals surface area contributed by atoms with Crippen LogP contribution >= 0.6 is 11.6 Å². The van der Waals surface area contributed by atoms with Crippen molar-refractivity contribution in [1.82, 2.24) is 14.9 Å². The molecule has 0 aliphatic carbocycles. The summed E-state index contributed by atoms with van der Waals surface area (Å²) < 4.78 is 33.0. The number of fused-ring (bicyclic) bond motifs is 1. The SMILES string of the molecule is CC(C)(C)OC(=O)N1CCN(c2ncnc3c(F)c(Cl)c(CF)cc23)CC1. The maximum atomic E-state index is 14.4. The van der Waals surface area contributed by atoms with Gasteiger partial charge in [-0.15, -0.1) is 0 Å². The molecule has 0 bridgehead atoms. The molecule has 0 unspecified atom stereocenters. The van der Waals surface area contributed by atoms with Crippen LogP contribution in [0.1, 0.15) is 26.3 Å². The first-order valence-corrected chi connectivity index (χ1v) is 8.99. The van der Waals surface area contributed by atoms with Gasteiger partial charge in [-0.05, 0) is 26.8 Å². The second kappa shape index (κ2) is 7.42. The number of carbonyl (C=O) groups is 1. The van der Waals surface area contributed by atoms with Crippen molar-refractivity contribution in [3.8, 4) is 0 Å². The number of hydrogen-bond acceptors (Lipinski definition) is 5. The van der Waals surface area contributed by atoms with E-state index in [0.717, 1.165) is 0 Å². The van der Waals surface area contributed by atoms with Crippen LogP contribution in [0.15, 0.2) is 12.4 Å². The van der Waals surface area contributed by atoms with Gasteiger partial charge in [0.1, 0.15) is 29.9 Å². The van der Waals surface area contributed by atoms with Gasteiger partial charge in [0.2, 0.25) is 0 Å². The van der Waals surface area contributed by atoms with Gasteiger partial charge >= 0.3 is 6.09 Å². The molecule has 1 amide bonds. The lowest BCUT2D eigenvalue weighted by atomic mass is 10.1. The van der Waals surface area contributed by atoms with E-state index in [4.69, 9.17) is 16.3 Å². The number of alkyl halides is 1. The summed E-state index contributed by atoms with van der Waals surface area (Å²) in [6.07, 6.45) is 0.888. The summed E-state index contributed by atoms with van der Waals surface area (Å²) in [7, 11) is 0. The molecule has 3 rings (SSSR count).